The minimum absolute atomic E-state index is 0.0512. The number of carbonyl (C=O) groups excluding carboxylic acids is 2. The number of carbonyl (C=O) groups is 2. The quantitative estimate of drug-likeness (QED) is 0.805. The van der Waals surface area contributed by atoms with Crippen LogP contribution in [0.3, 0.4) is 0 Å². The van der Waals surface area contributed by atoms with Gasteiger partial charge in [-0.25, -0.2) is 0 Å². The SMILES string of the molecule is COc1cc(C)c(Cl)c2c1C(=O)[C@@]1(O2)C(=O)C=C(O)C[C@H]1C. The highest BCUT2D eigenvalue weighted by Crippen LogP contribution is 2.50. The van der Waals surface area contributed by atoms with Gasteiger partial charge in [0.15, 0.2) is 5.75 Å². The van der Waals surface area contributed by atoms with Gasteiger partial charge in [-0.3, -0.25) is 9.59 Å². The van der Waals surface area contributed by atoms with Gasteiger partial charge in [0.2, 0.25) is 17.2 Å². The molecule has 5 nitrogen and oxygen atoms in total. The molecule has 1 heterocycles. The van der Waals surface area contributed by atoms with E-state index in [0.29, 0.717) is 16.3 Å². The minimum Gasteiger partial charge on any atom is -0.512 e. The van der Waals surface area contributed by atoms with Crippen molar-refractivity contribution in [1.82, 2.24) is 0 Å². The molecule has 2 atom stereocenters. The molecule has 0 bridgehead atoms. The maximum absolute atomic E-state index is 12.9. The molecular formula is C16H15ClO5. The van der Waals surface area contributed by atoms with E-state index in [-0.39, 0.29) is 23.5 Å². The van der Waals surface area contributed by atoms with Crippen LogP contribution in [0.25, 0.3) is 0 Å². The van der Waals surface area contributed by atoms with Crippen molar-refractivity contribution in [3.8, 4) is 11.5 Å². The smallest absolute Gasteiger partial charge is 0.236 e. The second kappa shape index (κ2) is 4.74. The Morgan fingerprint density at radius 1 is 1.45 bits per heavy atom. The van der Waals surface area contributed by atoms with Crippen LogP contribution in [0.2, 0.25) is 5.02 Å². The van der Waals surface area contributed by atoms with Crippen LogP contribution in [0.4, 0.5) is 0 Å². The van der Waals surface area contributed by atoms with Gasteiger partial charge in [0, 0.05) is 18.4 Å². The van der Waals surface area contributed by atoms with Gasteiger partial charge in [0.05, 0.1) is 17.9 Å². The lowest BCUT2D eigenvalue weighted by atomic mass is 9.75. The van der Waals surface area contributed by atoms with Crippen molar-refractivity contribution < 1.29 is 24.2 Å². The number of ether oxygens (including phenoxy) is 2. The first-order valence-corrected chi connectivity index (χ1v) is 7.25. The molecular weight excluding hydrogens is 308 g/mol. The topological polar surface area (TPSA) is 72.8 Å². The lowest BCUT2D eigenvalue weighted by Gasteiger charge is -2.33. The van der Waals surface area contributed by atoms with E-state index < -0.39 is 23.1 Å². The van der Waals surface area contributed by atoms with Crippen LogP contribution >= 0.6 is 11.6 Å². The molecule has 1 aliphatic carbocycles. The Kier molecular flexibility index (Phi) is 3.22. The summed E-state index contributed by atoms with van der Waals surface area (Å²) in [5.41, 5.74) is -0.788. The zero-order valence-corrected chi connectivity index (χ0v) is 13.2. The Morgan fingerprint density at radius 2 is 2.14 bits per heavy atom. The Morgan fingerprint density at radius 3 is 2.73 bits per heavy atom. The molecule has 2 aliphatic rings. The Balaban J connectivity index is 2.24. The van der Waals surface area contributed by atoms with Crippen LogP contribution in [0.1, 0.15) is 29.3 Å². The van der Waals surface area contributed by atoms with Crippen LogP contribution in [-0.4, -0.2) is 29.4 Å². The summed E-state index contributed by atoms with van der Waals surface area (Å²) in [6, 6.07) is 1.65. The van der Waals surface area contributed by atoms with Gasteiger partial charge in [-0.15, -0.1) is 0 Å². The number of methoxy groups -OCH3 is 1. The van der Waals surface area contributed by atoms with Gasteiger partial charge >= 0.3 is 0 Å². The number of benzene rings is 1. The van der Waals surface area contributed by atoms with E-state index in [1.807, 2.05) is 0 Å². The molecule has 3 rings (SSSR count). The van der Waals surface area contributed by atoms with Gasteiger partial charge in [-0.2, -0.15) is 0 Å². The number of rotatable bonds is 1. The first kappa shape index (κ1) is 14.9. The molecule has 116 valence electrons. The highest BCUT2D eigenvalue weighted by molar-refractivity contribution is 6.35. The third-order valence-electron chi connectivity index (χ3n) is 4.29. The van der Waals surface area contributed by atoms with E-state index in [1.54, 1.807) is 19.9 Å². The highest BCUT2D eigenvalue weighted by Gasteiger charge is 2.60. The number of allylic oxidation sites excluding steroid dienone is 1. The largest absolute Gasteiger partial charge is 0.512 e. The summed E-state index contributed by atoms with van der Waals surface area (Å²) in [4.78, 5) is 25.4. The molecule has 0 fully saturated rings. The van der Waals surface area contributed by atoms with Crippen LogP contribution in [-0.2, 0) is 4.79 Å². The molecule has 1 spiro atoms. The van der Waals surface area contributed by atoms with E-state index in [1.165, 1.54) is 7.11 Å². The number of hydrogen-bond donors (Lipinski definition) is 1. The first-order valence-electron chi connectivity index (χ1n) is 6.87. The van der Waals surface area contributed by atoms with Gasteiger partial charge in [-0.05, 0) is 18.6 Å². The number of aliphatic hydroxyl groups excluding tert-OH is 1. The summed E-state index contributed by atoms with van der Waals surface area (Å²) in [5.74, 6) is -1.09. The standard InChI is InChI=1S/C16H15ClO5/c1-7-4-10(21-3)12-14(13(7)17)22-16(15(12)20)8(2)5-9(18)6-11(16)19/h4,6,8,18H,5H2,1-3H3/t8-,16+/m1/s1. The maximum Gasteiger partial charge on any atom is 0.236 e. The predicted molar refractivity (Wildman–Crippen MR) is 79.9 cm³/mol. The number of Topliss-reactive ketones (excluding diaryl/α,β-unsaturated/α-hetero) is 1. The Bertz CT molecular complexity index is 737. The van der Waals surface area contributed by atoms with Crippen molar-refractivity contribution in [3.63, 3.8) is 0 Å². The Hall–Kier alpha value is -2.01. The lowest BCUT2D eigenvalue weighted by molar-refractivity contribution is -0.129. The number of aryl methyl sites for hydroxylation is 1. The molecule has 0 radical (unpaired) electrons. The molecule has 1 aromatic carbocycles. The zero-order valence-electron chi connectivity index (χ0n) is 12.4. The van der Waals surface area contributed by atoms with E-state index in [2.05, 4.69) is 0 Å². The Labute approximate surface area is 132 Å². The number of fused-ring (bicyclic) bond motifs is 1. The van der Waals surface area contributed by atoms with Crippen molar-refractivity contribution in [3.05, 3.63) is 34.1 Å². The molecule has 6 heteroatoms. The van der Waals surface area contributed by atoms with Gasteiger partial charge < -0.3 is 14.6 Å². The van der Waals surface area contributed by atoms with Gasteiger partial charge in [0.1, 0.15) is 11.3 Å². The molecule has 0 aromatic heterocycles. The van der Waals surface area contributed by atoms with E-state index in [9.17, 15) is 14.7 Å². The summed E-state index contributed by atoms with van der Waals surface area (Å²) in [6.07, 6.45) is 1.24. The van der Waals surface area contributed by atoms with E-state index >= 15 is 0 Å². The summed E-state index contributed by atoms with van der Waals surface area (Å²) in [5, 5.41) is 9.91. The molecule has 0 saturated carbocycles. The van der Waals surface area contributed by atoms with Crippen molar-refractivity contribution in [2.75, 3.05) is 7.11 Å². The third kappa shape index (κ3) is 1.72. The van der Waals surface area contributed by atoms with Crippen molar-refractivity contribution in [2.24, 2.45) is 5.92 Å². The number of ketones is 2. The average molecular weight is 323 g/mol. The normalized spacial score (nSPS) is 26.7. The van der Waals surface area contributed by atoms with Crippen LogP contribution in [0.15, 0.2) is 17.9 Å². The second-order valence-corrected chi connectivity index (χ2v) is 6.06. The molecule has 1 aliphatic heterocycles. The van der Waals surface area contributed by atoms with E-state index in [4.69, 9.17) is 21.1 Å². The fourth-order valence-electron chi connectivity index (χ4n) is 3.10. The predicted octanol–water partition coefficient (Wildman–Crippen LogP) is 3.02. The molecule has 1 N–H and O–H groups in total. The second-order valence-electron chi connectivity index (χ2n) is 5.69. The zero-order chi connectivity index (χ0) is 16.2. The first-order chi connectivity index (χ1) is 10.3. The van der Waals surface area contributed by atoms with Crippen LogP contribution < -0.4 is 9.47 Å². The third-order valence-corrected chi connectivity index (χ3v) is 4.76. The van der Waals surface area contributed by atoms with Crippen molar-refractivity contribution >= 4 is 23.2 Å². The number of aliphatic hydroxyl groups is 1. The minimum atomic E-state index is -1.67. The summed E-state index contributed by atoms with van der Waals surface area (Å²) in [7, 11) is 1.44. The highest BCUT2D eigenvalue weighted by atomic mass is 35.5. The number of halogens is 1. The van der Waals surface area contributed by atoms with Crippen molar-refractivity contribution in [1.29, 1.82) is 0 Å². The lowest BCUT2D eigenvalue weighted by Crippen LogP contribution is -2.54. The molecule has 22 heavy (non-hydrogen) atoms. The molecule has 1 aromatic rings. The summed E-state index contributed by atoms with van der Waals surface area (Å²) in [6.45, 7) is 3.46. The maximum atomic E-state index is 12.9. The molecule has 0 unspecified atom stereocenters. The van der Waals surface area contributed by atoms with Gasteiger partial charge in [-0.1, -0.05) is 18.5 Å². The van der Waals surface area contributed by atoms with Gasteiger partial charge in [0.25, 0.3) is 0 Å². The average Bonchev–Trinajstić information content (AvgIpc) is 2.76. The molecule has 0 saturated heterocycles. The van der Waals surface area contributed by atoms with E-state index in [0.717, 1.165) is 6.08 Å². The summed E-state index contributed by atoms with van der Waals surface area (Å²) >= 11 is 6.25. The van der Waals surface area contributed by atoms with Crippen molar-refractivity contribution in [2.45, 2.75) is 25.9 Å². The molecule has 0 amide bonds. The fourth-order valence-corrected chi connectivity index (χ4v) is 3.29. The number of hydrogen-bond acceptors (Lipinski definition) is 5. The summed E-state index contributed by atoms with van der Waals surface area (Å²) < 4.78 is 11.1. The monoisotopic (exact) mass is 322 g/mol. The van der Waals surface area contributed by atoms with Crippen LogP contribution in [0, 0.1) is 12.8 Å². The fraction of sp³-hybridized carbons (Fsp3) is 0.375. The van der Waals surface area contributed by atoms with Crippen LogP contribution in [0.5, 0.6) is 11.5 Å².